The summed E-state index contributed by atoms with van der Waals surface area (Å²) in [6.07, 6.45) is 0.0556. The van der Waals surface area contributed by atoms with Crippen molar-refractivity contribution in [2.75, 3.05) is 0 Å². The van der Waals surface area contributed by atoms with E-state index in [4.69, 9.17) is 0 Å². The molecule has 0 radical (unpaired) electrons. The fraction of sp³-hybridized carbons (Fsp3) is 0.800. The molecule has 42 valence electrons. The monoisotopic (exact) mass is 104 g/mol. The van der Waals surface area contributed by atoms with E-state index in [9.17, 15) is 9.18 Å². The van der Waals surface area contributed by atoms with Crippen LogP contribution in [0.3, 0.4) is 0 Å². The van der Waals surface area contributed by atoms with E-state index < -0.39 is 6.04 Å². The third kappa shape index (κ3) is 5.60. The van der Waals surface area contributed by atoms with Crippen LogP contribution < -0.4 is 0 Å². The summed E-state index contributed by atoms with van der Waals surface area (Å²) in [4.78, 5) is 9.59. The molecule has 2 heteroatoms. The van der Waals surface area contributed by atoms with E-state index in [0.717, 1.165) is 0 Å². The molecule has 0 aromatic carbocycles. The first-order chi connectivity index (χ1) is 3.13. The summed E-state index contributed by atoms with van der Waals surface area (Å²) in [5.41, 5.74) is 0. The van der Waals surface area contributed by atoms with Gasteiger partial charge in [-0.3, -0.25) is 4.79 Å². The first-order valence-electron chi connectivity index (χ1n) is 2.31. The number of hydrogen-bond donors (Lipinski definition) is 0. The molecule has 0 heterocycles. The molecule has 0 unspecified atom stereocenters. The van der Waals surface area contributed by atoms with Crippen LogP contribution in [0.4, 0.5) is 4.39 Å². The van der Waals surface area contributed by atoms with Gasteiger partial charge >= 0.3 is 6.04 Å². The second-order valence-electron chi connectivity index (χ2n) is 1.95. The first kappa shape index (κ1) is 6.60. The van der Waals surface area contributed by atoms with E-state index in [-0.39, 0.29) is 12.3 Å². The largest absolute Gasteiger partial charge is 0.301 e. The molecule has 7 heavy (non-hydrogen) atoms. The van der Waals surface area contributed by atoms with Gasteiger partial charge in [-0.25, -0.2) is 0 Å². The van der Waals surface area contributed by atoms with Gasteiger partial charge in [-0.05, 0) is 5.92 Å². The molecule has 0 saturated heterocycles. The van der Waals surface area contributed by atoms with Crippen molar-refractivity contribution in [3.05, 3.63) is 0 Å². The summed E-state index contributed by atoms with van der Waals surface area (Å²) in [5.74, 6) is 0.150. The maximum atomic E-state index is 11.3. The molecule has 0 amide bonds. The summed E-state index contributed by atoms with van der Waals surface area (Å²) >= 11 is 0. The summed E-state index contributed by atoms with van der Waals surface area (Å²) in [7, 11) is 0. The lowest BCUT2D eigenvalue weighted by Gasteiger charge is -1.92. The molecular formula is C5H9FO. The lowest BCUT2D eigenvalue weighted by molar-refractivity contribution is -0.129. The fourth-order valence-electron chi connectivity index (χ4n) is 0.321. The van der Waals surface area contributed by atoms with Gasteiger partial charge < -0.3 is 0 Å². The maximum Gasteiger partial charge on any atom is 0.301 e. The van der Waals surface area contributed by atoms with Crippen molar-refractivity contribution in [1.82, 2.24) is 0 Å². The molecule has 0 aliphatic rings. The molecule has 0 spiro atoms. The zero-order valence-electron chi connectivity index (χ0n) is 4.57. The predicted molar refractivity (Wildman–Crippen MR) is 25.6 cm³/mol. The lowest BCUT2D eigenvalue weighted by Crippen LogP contribution is -1.93. The van der Waals surface area contributed by atoms with Crippen molar-refractivity contribution in [3.8, 4) is 0 Å². The van der Waals surface area contributed by atoms with Gasteiger partial charge in [0.2, 0.25) is 0 Å². The normalized spacial score (nSPS) is 9.71. The van der Waals surface area contributed by atoms with Crippen molar-refractivity contribution < 1.29 is 9.18 Å². The average Bonchev–Trinajstić information content (AvgIpc) is 1.27. The first-order valence-corrected chi connectivity index (χ1v) is 2.31. The highest BCUT2D eigenvalue weighted by molar-refractivity contribution is 5.67. The van der Waals surface area contributed by atoms with Crippen molar-refractivity contribution in [2.24, 2.45) is 5.92 Å². The molecule has 0 saturated carbocycles. The Labute approximate surface area is 42.5 Å². The molecule has 0 rings (SSSR count). The van der Waals surface area contributed by atoms with E-state index in [1.165, 1.54) is 0 Å². The van der Waals surface area contributed by atoms with Crippen LogP contribution in [0.15, 0.2) is 0 Å². The fourth-order valence-corrected chi connectivity index (χ4v) is 0.321. The van der Waals surface area contributed by atoms with Crippen LogP contribution in [0.25, 0.3) is 0 Å². The van der Waals surface area contributed by atoms with Crippen LogP contribution in [0.5, 0.6) is 0 Å². The van der Waals surface area contributed by atoms with Gasteiger partial charge in [-0.1, -0.05) is 13.8 Å². The second kappa shape index (κ2) is 2.72. The Morgan fingerprint density at radius 2 is 2.14 bits per heavy atom. The number of rotatable bonds is 2. The van der Waals surface area contributed by atoms with E-state index in [1.54, 1.807) is 13.8 Å². The second-order valence-corrected chi connectivity index (χ2v) is 1.95. The zero-order valence-corrected chi connectivity index (χ0v) is 4.57. The number of carbonyl (C=O) groups excluding carboxylic acids is 1. The maximum absolute atomic E-state index is 11.3. The van der Waals surface area contributed by atoms with Crippen molar-refractivity contribution in [3.63, 3.8) is 0 Å². The highest BCUT2D eigenvalue weighted by Crippen LogP contribution is 1.99. The molecule has 0 aliphatic heterocycles. The smallest absolute Gasteiger partial charge is 0.261 e. The molecule has 0 bridgehead atoms. The topological polar surface area (TPSA) is 17.1 Å². The Hall–Kier alpha value is -0.400. The summed E-state index contributed by atoms with van der Waals surface area (Å²) in [6, 6.07) is -1.21. The van der Waals surface area contributed by atoms with E-state index >= 15 is 0 Å². The lowest BCUT2D eigenvalue weighted by atomic mass is 10.1. The molecule has 0 fully saturated rings. The van der Waals surface area contributed by atoms with Gasteiger partial charge in [0.1, 0.15) is 0 Å². The minimum absolute atomic E-state index is 0.0556. The molecule has 0 aromatic heterocycles. The van der Waals surface area contributed by atoms with Gasteiger partial charge in [0.15, 0.2) is 0 Å². The van der Waals surface area contributed by atoms with Crippen molar-refractivity contribution in [1.29, 1.82) is 0 Å². The van der Waals surface area contributed by atoms with Crippen LogP contribution in [0.1, 0.15) is 20.3 Å². The predicted octanol–water partition coefficient (Wildman–Crippen LogP) is 1.53. The molecular weight excluding hydrogens is 95.1 g/mol. The van der Waals surface area contributed by atoms with Gasteiger partial charge in [-0.15, -0.1) is 0 Å². The van der Waals surface area contributed by atoms with Gasteiger partial charge in [0.25, 0.3) is 0 Å². The Kier molecular flexibility index (Phi) is 2.56. The third-order valence-electron chi connectivity index (χ3n) is 0.569. The molecule has 0 N–H and O–H groups in total. The van der Waals surface area contributed by atoms with Crippen LogP contribution in [0.2, 0.25) is 0 Å². The number of hydrogen-bond acceptors (Lipinski definition) is 1. The standard InChI is InChI=1S/C5H9FO/c1-4(2)3-5(6)7/h4H,3H2,1-2H3. The highest BCUT2D eigenvalue weighted by atomic mass is 19.1. The van der Waals surface area contributed by atoms with Crippen LogP contribution in [-0.2, 0) is 4.79 Å². The Bertz CT molecular complexity index is 68.5. The Balaban J connectivity index is 3.13. The molecule has 0 aliphatic carbocycles. The number of halogens is 1. The van der Waals surface area contributed by atoms with Crippen LogP contribution in [0, 0.1) is 5.92 Å². The minimum Gasteiger partial charge on any atom is -0.261 e. The van der Waals surface area contributed by atoms with Gasteiger partial charge in [0.05, 0.1) is 0 Å². The molecule has 1 nitrogen and oxygen atoms in total. The van der Waals surface area contributed by atoms with Crippen molar-refractivity contribution in [2.45, 2.75) is 20.3 Å². The highest BCUT2D eigenvalue weighted by Gasteiger charge is 1.99. The summed E-state index contributed by atoms with van der Waals surface area (Å²) in [5, 5.41) is 0. The quantitative estimate of drug-likeness (QED) is 0.485. The molecule has 0 atom stereocenters. The van der Waals surface area contributed by atoms with Crippen LogP contribution in [-0.4, -0.2) is 6.04 Å². The average molecular weight is 104 g/mol. The third-order valence-corrected chi connectivity index (χ3v) is 0.569. The Morgan fingerprint density at radius 3 is 2.14 bits per heavy atom. The zero-order chi connectivity index (χ0) is 5.86. The summed E-state index contributed by atoms with van der Waals surface area (Å²) in [6.45, 7) is 3.61. The SMILES string of the molecule is CC(C)CC(=O)F. The minimum atomic E-state index is -1.21. The van der Waals surface area contributed by atoms with Gasteiger partial charge in [0, 0.05) is 6.42 Å². The van der Waals surface area contributed by atoms with Crippen LogP contribution >= 0.6 is 0 Å². The molecule has 0 aromatic rings. The van der Waals surface area contributed by atoms with Crippen molar-refractivity contribution >= 4 is 6.04 Å². The van der Waals surface area contributed by atoms with E-state index in [0.29, 0.717) is 0 Å². The van der Waals surface area contributed by atoms with E-state index in [1.807, 2.05) is 0 Å². The summed E-state index contributed by atoms with van der Waals surface area (Å²) < 4.78 is 11.3. The Morgan fingerprint density at radius 1 is 1.71 bits per heavy atom. The number of carbonyl (C=O) groups is 1. The van der Waals surface area contributed by atoms with E-state index in [2.05, 4.69) is 0 Å². The van der Waals surface area contributed by atoms with Gasteiger partial charge in [-0.2, -0.15) is 4.39 Å².